The minimum Gasteiger partial charge on any atom is -0.314 e. The summed E-state index contributed by atoms with van der Waals surface area (Å²) in [6.07, 6.45) is 3.32. The molecule has 120 valence electrons. The fraction of sp³-hybridized carbons (Fsp3) is 0.769. The molecule has 1 aliphatic carbocycles. The third-order valence-corrected chi connectivity index (χ3v) is 6.20. The molecule has 1 saturated carbocycles. The molecule has 1 aromatic heterocycles. The number of aromatic nitrogens is 1. The summed E-state index contributed by atoms with van der Waals surface area (Å²) in [4.78, 5) is 4.32. The Bertz CT molecular complexity index is 554. The minimum atomic E-state index is -3.46. The molecule has 0 bridgehead atoms. The number of thiazole rings is 1. The Kier molecular flexibility index (Phi) is 5.73. The van der Waals surface area contributed by atoms with Gasteiger partial charge in [-0.05, 0) is 39.7 Å². The Morgan fingerprint density at radius 2 is 2.24 bits per heavy atom. The molecule has 0 aromatic carbocycles. The van der Waals surface area contributed by atoms with Gasteiger partial charge in [0, 0.05) is 30.7 Å². The van der Waals surface area contributed by atoms with Crippen molar-refractivity contribution >= 4 is 21.5 Å². The van der Waals surface area contributed by atoms with Crippen LogP contribution in [0.3, 0.4) is 0 Å². The summed E-state index contributed by atoms with van der Waals surface area (Å²) in [6, 6.07) is 0.360. The van der Waals surface area contributed by atoms with Crippen molar-refractivity contribution in [2.24, 2.45) is 0 Å². The van der Waals surface area contributed by atoms with Gasteiger partial charge in [0.2, 0.25) is 0 Å². The molecule has 8 heteroatoms. The van der Waals surface area contributed by atoms with Gasteiger partial charge >= 0.3 is 0 Å². The van der Waals surface area contributed by atoms with E-state index in [1.165, 1.54) is 28.5 Å². The van der Waals surface area contributed by atoms with Gasteiger partial charge in [0.25, 0.3) is 10.2 Å². The van der Waals surface area contributed by atoms with Crippen molar-refractivity contribution in [2.45, 2.75) is 45.2 Å². The van der Waals surface area contributed by atoms with Crippen molar-refractivity contribution in [3.05, 3.63) is 16.1 Å². The first-order valence-electron chi connectivity index (χ1n) is 7.27. The zero-order chi connectivity index (χ0) is 15.5. The first kappa shape index (κ1) is 16.8. The smallest absolute Gasteiger partial charge is 0.279 e. The van der Waals surface area contributed by atoms with Crippen molar-refractivity contribution in [3.8, 4) is 0 Å². The summed E-state index contributed by atoms with van der Waals surface area (Å²) in [5.41, 5.74) is 0.917. The topological polar surface area (TPSA) is 74.3 Å². The maximum absolute atomic E-state index is 12.2. The molecule has 0 spiro atoms. The van der Waals surface area contributed by atoms with Gasteiger partial charge in [-0.15, -0.1) is 11.3 Å². The molecule has 1 fully saturated rings. The number of nitrogens with zero attached hydrogens (tertiary/aromatic N) is 2. The molecule has 0 saturated heterocycles. The third-order valence-electron chi connectivity index (χ3n) is 3.40. The first-order valence-corrected chi connectivity index (χ1v) is 9.59. The minimum absolute atomic E-state index is 0.305. The monoisotopic (exact) mass is 332 g/mol. The summed E-state index contributed by atoms with van der Waals surface area (Å²) in [6.45, 7) is 5.10. The van der Waals surface area contributed by atoms with E-state index in [1.54, 1.807) is 7.05 Å². The molecule has 1 aliphatic rings. The van der Waals surface area contributed by atoms with Gasteiger partial charge in [-0.1, -0.05) is 0 Å². The second-order valence-electron chi connectivity index (χ2n) is 5.58. The molecule has 0 aliphatic heterocycles. The fourth-order valence-electron chi connectivity index (χ4n) is 1.95. The summed E-state index contributed by atoms with van der Waals surface area (Å²) >= 11 is 1.48. The second-order valence-corrected chi connectivity index (χ2v) is 8.27. The fourth-order valence-corrected chi connectivity index (χ4v) is 3.94. The van der Waals surface area contributed by atoms with E-state index in [9.17, 15) is 8.42 Å². The van der Waals surface area contributed by atoms with Crippen molar-refractivity contribution in [2.75, 3.05) is 20.1 Å². The quantitative estimate of drug-likeness (QED) is 0.671. The van der Waals surface area contributed by atoms with Crippen LogP contribution < -0.4 is 10.0 Å². The van der Waals surface area contributed by atoms with Crippen LogP contribution in [0.1, 0.15) is 42.9 Å². The molecule has 1 heterocycles. The third kappa shape index (κ3) is 5.30. The van der Waals surface area contributed by atoms with Crippen LogP contribution in [0.5, 0.6) is 0 Å². The first-order chi connectivity index (χ1) is 9.88. The lowest BCUT2D eigenvalue weighted by Crippen LogP contribution is -2.40. The number of aryl methyl sites for hydroxylation is 1. The Balaban J connectivity index is 1.78. The van der Waals surface area contributed by atoms with Crippen LogP contribution in [0, 0.1) is 6.92 Å². The SMILES string of the molecule is Cc1csc(C(C)NS(=O)(=O)N(C)CCCNC2CC2)n1. The highest BCUT2D eigenvalue weighted by molar-refractivity contribution is 7.87. The van der Waals surface area contributed by atoms with Crippen LogP contribution in [0.25, 0.3) is 0 Å². The number of rotatable bonds is 9. The molecule has 2 N–H and O–H groups in total. The van der Waals surface area contributed by atoms with Crippen molar-refractivity contribution in [3.63, 3.8) is 0 Å². The molecule has 1 unspecified atom stereocenters. The summed E-state index contributed by atoms with van der Waals surface area (Å²) in [5.74, 6) is 0. The molecular formula is C13H24N4O2S2. The van der Waals surface area contributed by atoms with Crippen LogP contribution in [0.15, 0.2) is 5.38 Å². The summed E-state index contributed by atoms with van der Waals surface area (Å²) in [7, 11) is -1.85. The Hall–Kier alpha value is -0.540. The van der Waals surface area contributed by atoms with Crippen LogP contribution >= 0.6 is 11.3 Å². The lowest BCUT2D eigenvalue weighted by atomic mass is 10.4. The van der Waals surface area contributed by atoms with Gasteiger partial charge in [0.15, 0.2) is 0 Å². The van der Waals surface area contributed by atoms with Crippen molar-refractivity contribution < 1.29 is 8.42 Å². The lowest BCUT2D eigenvalue weighted by molar-refractivity contribution is 0.438. The largest absolute Gasteiger partial charge is 0.314 e. The van der Waals surface area contributed by atoms with Crippen molar-refractivity contribution in [1.29, 1.82) is 0 Å². The number of hydrogen-bond donors (Lipinski definition) is 2. The highest BCUT2D eigenvalue weighted by atomic mass is 32.2. The Morgan fingerprint density at radius 1 is 1.52 bits per heavy atom. The number of hydrogen-bond acceptors (Lipinski definition) is 5. The van der Waals surface area contributed by atoms with E-state index in [4.69, 9.17) is 0 Å². The molecule has 6 nitrogen and oxygen atoms in total. The van der Waals surface area contributed by atoms with Gasteiger partial charge in [0.1, 0.15) is 5.01 Å². The molecule has 1 aromatic rings. The van der Waals surface area contributed by atoms with E-state index in [1.807, 2.05) is 19.2 Å². The summed E-state index contributed by atoms with van der Waals surface area (Å²) in [5, 5.41) is 6.10. The molecule has 0 radical (unpaired) electrons. The van der Waals surface area contributed by atoms with E-state index >= 15 is 0 Å². The van der Waals surface area contributed by atoms with Crippen LogP contribution in [-0.4, -0.2) is 43.9 Å². The molecular weight excluding hydrogens is 308 g/mol. The molecule has 2 rings (SSSR count). The van der Waals surface area contributed by atoms with Gasteiger partial charge in [-0.2, -0.15) is 17.4 Å². The van der Waals surface area contributed by atoms with Gasteiger partial charge in [-0.25, -0.2) is 4.98 Å². The number of nitrogens with one attached hydrogen (secondary N) is 2. The van der Waals surface area contributed by atoms with Gasteiger partial charge in [-0.3, -0.25) is 0 Å². The maximum atomic E-state index is 12.2. The highest BCUT2D eigenvalue weighted by Gasteiger charge is 2.23. The van der Waals surface area contributed by atoms with E-state index < -0.39 is 10.2 Å². The summed E-state index contributed by atoms with van der Waals surface area (Å²) < 4.78 is 28.5. The van der Waals surface area contributed by atoms with Gasteiger partial charge in [0.05, 0.1) is 6.04 Å². The zero-order valence-electron chi connectivity index (χ0n) is 12.8. The second kappa shape index (κ2) is 7.15. The molecule has 0 amide bonds. The Morgan fingerprint density at radius 3 is 2.81 bits per heavy atom. The average Bonchev–Trinajstić information content (AvgIpc) is 3.13. The average molecular weight is 332 g/mol. The van der Waals surface area contributed by atoms with E-state index in [2.05, 4.69) is 15.0 Å². The Labute approximate surface area is 131 Å². The predicted molar refractivity (Wildman–Crippen MR) is 85.6 cm³/mol. The highest BCUT2D eigenvalue weighted by Crippen LogP contribution is 2.19. The van der Waals surface area contributed by atoms with Crippen LogP contribution in [-0.2, 0) is 10.2 Å². The maximum Gasteiger partial charge on any atom is 0.279 e. The van der Waals surface area contributed by atoms with Gasteiger partial charge < -0.3 is 5.32 Å². The zero-order valence-corrected chi connectivity index (χ0v) is 14.4. The van der Waals surface area contributed by atoms with Crippen LogP contribution in [0.2, 0.25) is 0 Å². The van der Waals surface area contributed by atoms with E-state index in [-0.39, 0.29) is 6.04 Å². The van der Waals surface area contributed by atoms with Crippen LogP contribution in [0.4, 0.5) is 0 Å². The van der Waals surface area contributed by atoms with E-state index in [0.717, 1.165) is 23.7 Å². The predicted octanol–water partition coefficient (Wildman–Crippen LogP) is 1.42. The molecule has 21 heavy (non-hydrogen) atoms. The van der Waals surface area contributed by atoms with Crippen molar-refractivity contribution in [1.82, 2.24) is 19.3 Å². The standard InChI is InChI=1S/C13H24N4O2S2/c1-10-9-20-13(15-10)11(2)16-21(18,19)17(3)8-4-7-14-12-5-6-12/h9,11-12,14,16H,4-8H2,1-3H3. The van der Waals surface area contributed by atoms with E-state index in [0.29, 0.717) is 12.6 Å². The lowest BCUT2D eigenvalue weighted by Gasteiger charge is -2.20. The normalized spacial score (nSPS) is 17.3. The molecule has 1 atom stereocenters.